The van der Waals surface area contributed by atoms with Crippen molar-refractivity contribution in [1.29, 1.82) is 0 Å². The molecule has 7 nitrogen and oxygen atoms in total. The van der Waals surface area contributed by atoms with Gasteiger partial charge >= 0.3 is 12.1 Å². The van der Waals surface area contributed by atoms with Gasteiger partial charge in [0.05, 0.1) is 0 Å². The molecular formula is C27H32N2O5. The van der Waals surface area contributed by atoms with Crippen LogP contribution in [0.5, 0.6) is 0 Å². The van der Waals surface area contributed by atoms with E-state index in [4.69, 9.17) is 4.74 Å². The zero-order chi connectivity index (χ0) is 24.5. The topological polar surface area (TPSA) is 105 Å². The lowest BCUT2D eigenvalue weighted by Crippen LogP contribution is -2.58. The van der Waals surface area contributed by atoms with Gasteiger partial charge in [0, 0.05) is 5.92 Å². The Hall–Kier alpha value is -3.35. The summed E-state index contributed by atoms with van der Waals surface area (Å²) in [5.41, 5.74) is 3.83. The Bertz CT molecular complexity index is 1040. The lowest BCUT2D eigenvalue weighted by Gasteiger charge is -2.35. The first-order valence-electron chi connectivity index (χ1n) is 11.8. The van der Waals surface area contributed by atoms with Crippen molar-refractivity contribution < 1.29 is 24.2 Å². The third kappa shape index (κ3) is 4.79. The fourth-order valence-corrected chi connectivity index (χ4v) is 4.82. The van der Waals surface area contributed by atoms with E-state index in [0.29, 0.717) is 0 Å². The van der Waals surface area contributed by atoms with Crippen LogP contribution in [0, 0.1) is 11.3 Å². The van der Waals surface area contributed by atoms with Gasteiger partial charge in [0.1, 0.15) is 18.7 Å². The minimum Gasteiger partial charge on any atom is -0.480 e. The quantitative estimate of drug-likeness (QED) is 0.566. The van der Waals surface area contributed by atoms with Crippen LogP contribution in [0.15, 0.2) is 48.5 Å². The van der Waals surface area contributed by atoms with Gasteiger partial charge in [0.2, 0.25) is 5.91 Å². The second-order valence-corrected chi connectivity index (χ2v) is 10.3. The molecule has 2 atom stereocenters. The number of rotatable bonds is 7. The van der Waals surface area contributed by atoms with Crippen molar-refractivity contribution in [1.82, 2.24) is 10.6 Å². The van der Waals surface area contributed by atoms with Crippen molar-refractivity contribution in [3.63, 3.8) is 0 Å². The predicted octanol–water partition coefficient (Wildman–Crippen LogP) is 4.31. The maximum absolute atomic E-state index is 13.0. The highest BCUT2D eigenvalue weighted by atomic mass is 16.5. The Morgan fingerprint density at radius 2 is 1.53 bits per heavy atom. The maximum atomic E-state index is 13.0. The number of aliphatic carboxylic acids is 1. The molecule has 0 aliphatic heterocycles. The summed E-state index contributed by atoms with van der Waals surface area (Å²) in [5.74, 6) is -1.72. The summed E-state index contributed by atoms with van der Waals surface area (Å²) >= 11 is 0. The number of carboxylic acids is 1. The minimum atomic E-state index is -1.05. The van der Waals surface area contributed by atoms with Crippen LogP contribution in [0.25, 0.3) is 11.1 Å². The first-order chi connectivity index (χ1) is 16.2. The molecule has 34 heavy (non-hydrogen) atoms. The number of alkyl carbamates (subject to hydrolysis) is 1. The monoisotopic (exact) mass is 464 g/mol. The molecule has 0 heterocycles. The molecule has 2 aliphatic carbocycles. The van der Waals surface area contributed by atoms with Crippen molar-refractivity contribution in [2.45, 2.75) is 58.0 Å². The molecule has 2 aliphatic rings. The van der Waals surface area contributed by atoms with E-state index in [1.165, 1.54) is 0 Å². The van der Waals surface area contributed by atoms with Crippen LogP contribution >= 0.6 is 0 Å². The molecule has 0 bridgehead atoms. The van der Waals surface area contributed by atoms with Crippen LogP contribution in [0.3, 0.4) is 0 Å². The number of ether oxygens (including phenoxy) is 1. The summed E-state index contributed by atoms with van der Waals surface area (Å²) in [7, 11) is 0. The highest BCUT2D eigenvalue weighted by Gasteiger charge is 2.39. The number of fused-ring (bicyclic) bond motifs is 3. The van der Waals surface area contributed by atoms with Crippen LogP contribution in [-0.4, -0.2) is 41.8 Å². The SMILES string of the molecule is CC(C)(C)C(NC(=O)OCC1c2ccccc2-c2ccccc21)C(=O)NC(C(=O)O)C1CCC1. The zero-order valence-electron chi connectivity index (χ0n) is 19.8. The van der Waals surface area contributed by atoms with Crippen LogP contribution in [0.1, 0.15) is 57.1 Å². The second kappa shape index (κ2) is 9.49. The molecule has 0 spiro atoms. The minimum absolute atomic E-state index is 0.0727. The lowest BCUT2D eigenvalue weighted by atomic mass is 9.79. The smallest absolute Gasteiger partial charge is 0.407 e. The van der Waals surface area contributed by atoms with Gasteiger partial charge in [0.25, 0.3) is 0 Å². The average molecular weight is 465 g/mol. The van der Waals surface area contributed by atoms with Crippen molar-refractivity contribution in [3.8, 4) is 11.1 Å². The molecule has 2 unspecified atom stereocenters. The third-order valence-electron chi connectivity index (χ3n) is 6.92. The molecule has 1 saturated carbocycles. The standard InChI is InChI=1S/C27H32N2O5/c1-27(2,3)23(24(30)28-22(25(31)32)16-9-8-10-16)29-26(33)34-15-21-19-13-6-4-11-17(19)18-12-5-7-14-20(18)21/h4-7,11-14,16,21-23H,8-10,15H2,1-3H3,(H,28,30)(H,29,33)(H,31,32). The number of benzene rings is 2. The van der Waals surface area contributed by atoms with Gasteiger partial charge in [-0.1, -0.05) is 75.7 Å². The largest absolute Gasteiger partial charge is 0.480 e. The van der Waals surface area contributed by atoms with Gasteiger partial charge in [0.15, 0.2) is 0 Å². The summed E-state index contributed by atoms with van der Waals surface area (Å²) in [5, 5.41) is 14.9. The van der Waals surface area contributed by atoms with Gasteiger partial charge in [-0.3, -0.25) is 4.79 Å². The van der Waals surface area contributed by atoms with E-state index in [0.717, 1.165) is 41.5 Å². The summed E-state index contributed by atoms with van der Waals surface area (Å²) in [6.45, 7) is 5.60. The van der Waals surface area contributed by atoms with E-state index >= 15 is 0 Å². The second-order valence-electron chi connectivity index (χ2n) is 10.3. The summed E-state index contributed by atoms with van der Waals surface area (Å²) in [4.78, 5) is 37.5. The van der Waals surface area contributed by atoms with Crippen molar-refractivity contribution in [2.24, 2.45) is 11.3 Å². The highest BCUT2D eigenvalue weighted by molar-refractivity contribution is 5.90. The highest BCUT2D eigenvalue weighted by Crippen LogP contribution is 2.44. The van der Waals surface area contributed by atoms with Gasteiger partial charge < -0.3 is 20.5 Å². The zero-order valence-corrected chi connectivity index (χ0v) is 19.8. The molecule has 2 aromatic carbocycles. The number of carbonyl (C=O) groups is 3. The fourth-order valence-electron chi connectivity index (χ4n) is 4.82. The number of carboxylic acid groups (broad SMARTS) is 1. The fraction of sp³-hybridized carbons (Fsp3) is 0.444. The van der Waals surface area contributed by atoms with Crippen LogP contribution in [0.2, 0.25) is 0 Å². The molecule has 0 radical (unpaired) electrons. The molecule has 0 aromatic heterocycles. The molecule has 3 N–H and O–H groups in total. The number of hydrogen-bond donors (Lipinski definition) is 3. The summed E-state index contributed by atoms with van der Waals surface area (Å²) in [6.07, 6.45) is 1.81. The number of hydrogen-bond acceptors (Lipinski definition) is 4. The van der Waals surface area contributed by atoms with Crippen molar-refractivity contribution in [2.75, 3.05) is 6.61 Å². The van der Waals surface area contributed by atoms with E-state index in [1.807, 2.05) is 57.2 Å². The first-order valence-corrected chi connectivity index (χ1v) is 11.8. The first kappa shape index (κ1) is 23.8. The molecule has 1 fully saturated rings. The van der Waals surface area contributed by atoms with E-state index in [1.54, 1.807) is 0 Å². The predicted molar refractivity (Wildman–Crippen MR) is 128 cm³/mol. The summed E-state index contributed by atoms with van der Waals surface area (Å²) < 4.78 is 5.60. The maximum Gasteiger partial charge on any atom is 0.407 e. The van der Waals surface area contributed by atoms with Crippen LogP contribution in [-0.2, 0) is 14.3 Å². The van der Waals surface area contributed by atoms with Gasteiger partial charge in [-0.15, -0.1) is 0 Å². The Morgan fingerprint density at radius 1 is 0.971 bits per heavy atom. The Morgan fingerprint density at radius 3 is 2.00 bits per heavy atom. The van der Waals surface area contributed by atoms with E-state index in [2.05, 4.69) is 22.8 Å². The Labute approximate surface area is 199 Å². The third-order valence-corrected chi connectivity index (χ3v) is 6.92. The molecule has 4 rings (SSSR count). The Kier molecular flexibility index (Phi) is 6.64. The van der Waals surface area contributed by atoms with Crippen molar-refractivity contribution in [3.05, 3.63) is 59.7 Å². The lowest BCUT2D eigenvalue weighted by molar-refractivity contribution is -0.145. The van der Waals surface area contributed by atoms with Crippen LogP contribution < -0.4 is 10.6 Å². The van der Waals surface area contributed by atoms with Crippen LogP contribution in [0.4, 0.5) is 4.79 Å². The van der Waals surface area contributed by atoms with E-state index in [-0.39, 0.29) is 18.4 Å². The molecule has 180 valence electrons. The normalized spacial score (nSPS) is 17.0. The number of amides is 2. The van der Waals surface area contributed by atoms with E-state index < -0.39 is 35.5 Å². The number of carbonyl (C=O) groups excluding carboxylic acids is 2. The Balaban J connectivity index is 1.43. The van der Waals surface area contributed by atoms with E-state index in [9.17, 15) is 19.5 Å². The summed E-state index contributed by atoms with van der Waals surface area (Å²) in [6, 6.07) is 14.2. The average Bonchev–Trinajstić information content (AvgIpc) is 3.07. The molecular weight excluding hydrogens is 432 g/mol. The van der Waals surface area contributed by atoms with Gasteiger partial charge in [-0.2, -0.15) is 0 Å². The van der Waals surface area contributed by atoms with Crippen molar-refractivity contribution >= 4 is 18.0 Å². The molecule has 2 amide bonds. The number of nitrogens with one attached hydrogen (secondary N) is 2. The molecule has 2 aromatic rings. The molecule has 0 saturated heterocycles. The van der Waals surface area contributed by atoms with Gasteiger partial charge in [-0.05, 0) is 46.4 Å². The molecule has 7 heteroatoms. The van der Waals surface area contributed by atoms with Gasteiger partial charge in [-0.25, -0.2) is 9.59 Å².